The van der Waals surface area contributed by atoms with Crippen molar-refractivity contribution >= 4 is 17.6 Å². The fourth-order valence-corrected chi connectivity index (χ4v) is 3.47. The van der Waals surface area contributed by atoms with E-state index in [0.717, 1.165) is 42.2 Å². The first-order chi connectivity index (χ1) is 13.8. The lowest BCUT2D eigenvalue weighted by Gasteiger charge is -2.32. The molecule has 2 unspecified atom stereocenters. The number of ether oxygens (including phenoxy) is 1. The van der Waals surface area contributed by atoms with Gasteiger partial charge in [0.1, 0.15) is 0 Å². The van der Waals surface area contributed by atoms with Gasteiger partial charge in [0.25, 0.3) is 11.6 Å². The third-order valence-electron chi connectivity index (χ3n) is 5.01. The molecule has 1 heterocycles. The van der Waals surface area contributed by atoms with Gasteiger partial charge in [-0.15, -0.1) is 0 Å². The number of carbonyl (C=O) groups is 2. The van der Waals surface area contributed by atoms with Crippen LogP contribution >= 0.6 is 0 Å². The molecule has 1 aliphatic heterocycles. The van der Waals surface area contributed by atoms with Gasteiger partial charge in [-0.1, -0.05) is 29.8 Å². The summed E-state index contributed by atoms with van der Waals surface area (Å²) in [5.74, 6) is -1.83. The highest BCUT2D eigenvalue weighted by Crippen LogP contribution is 2.33. The number of non-ortho nitro benzene ring substituents is 1. The Morgan fingerprint density at radius 3 is 2.55 bits per heavy atom. The summed E-state index contributed by atoms with van der Waals surface area (Å²) in [5.41, 5.74) is 1.39. The largest absolute Gasteiger partial charge is 0.478 e. The number of nitro groups is 1. The Balaban J connectivity index is 1.74. The maximum Gasteiger partial charge on any atom is 0.335 e. The summed E-state index contributed by atoms with van der Waals surface area (Å²) in [6, 6.07) is 11.2. The monoisotopic (exact) mass is 398 g/mol. The molecule has 0 spiro atoms. The Bertz CT molecular complexity index is 893. The van der Waals surface area contributed by atoms with Crippen molar-refractivity contribution in [3.8, 4) is 0 Å². The van der Waals surface area contributed by atoms with E-state index in [2.05, 4.69) is 5.32 Å². The molecule has 2 atom stereocenters. The summed E-state index contributed by atoms with van der Waals surface area (Å²) in [6.45, 7) is 2.98. The van der Waals surface area contributed by atoms with Crippen molar-refractivity contribution < 1.29 is 24.4 Å². The molecular weight excluding hydrogens is 376 g/mol. The van der Waals surface area contributed by atoms with Gasteiger partial charge in [-0.25, -0.2) is 4.79 Å². The lowest BCUT2D eigenvalue weighted by Crippen LogP contribution is -2.35. The number of amides is 1. The van der Waals surface area contributed by atoms with E-state index in [1.807, 2.05) is 31.2 Å². The van der Waals surface area contributed by atoms with Crippen LogP contribution in [0.15, 0.2) is 42.5 Å². The highest BCUT2D eigenvalue weighted by molar-refractivity contribution is 5.98. The number of hydrogen-bond donors (Lipinski definition) is 2. The standard InChI is InChI=1S/C21H22N2O6/c1-13-4-6-14(7-5-13)19-15(3-2-8-29-19)12-22-20(24)16-9-17(21(25)26)11-18(10-16)23(27)28/h4-7,9-11,15,19H,2-3,8,12H2,1H3,(H,22,24)(H,25,26). The summed E-state index contributed by atoms with van der Waals surface area (Å²) < 4.78 is 5.94. The number of aromatic carboxylic acids is 1. The zero-order valence-electron chi connectivity index (χ0n) is 16.0. The number of benzene rings is 2. The predicted molar refractivity (Wildman–Crippen MR) is 105 cm³/mol. The lowest BCUT2D eigenvalue weighted by atomic mass is 9.89. The van der Waals surface area contributed by atoms with Crippen molar-refractivity contribution in [2.24, 2.45) is 5.92 Å². The van der Waals surface area contributed by atoms with Crippen molar-refractivity contribution in [2.45, 2.75) is 25.9 Å². The first-order valence-corrected chi connectivity index (χ1v) is 9.34. The normalized spacial score (nSPS) is 18.8. The van der Waals surface area contributed by atoms with E-state index >= 15 is 0 Å². The molecule has 0 saturated carbocycles. The van der Waals surface area contributed by atoms with Crippen LogP contribution in [0.25, 0.3) is 0 Å². The third kappa shape index (κ3) is 4.97. The van der Waals surface area contributed by atoms with E-state index in [4.69, 9.17) is 9.84 Å². The molecule has 1 amide bonds. The van der Waals surface area contributed by atoms with Crippen molar-refractivity contribution in [1.29, 1.82) is 0 Å². The Kier molecular flexibility index (Phi) is 6.23. The average Bonchev–Trinajstić information content (AvgIpc) is 2.72. The van der Waals surface area contributed by atoms with Crippen molar-refractivity contribution in [3.63, 3.8) is 0 Å². The molecule has 8 nitrogen and oxygen atoms in total. The zero-order valence-corrected chi connectivity index (χ0v) is 16.0. The van der Waals surface area contributed by atoms with E-state index in [0.29, 0.717) is 13.2 Å². The first kappa shape index (κ1) is 20.5. The molecule has 0 radical (unpaired) electrons. The Morgan fingerprint density at radius 2 is 1.90 bits per heavy atom. The Hall–Kier alpha value is -3.26. The summed E-state index contributed by atoms with van der Waals surface area (Å²) in [5, 5.41) is 23.0. The molecule has 1 aliphatic rings. The number of hydrogen-bond acceptors (Lipinski definition) is 5. The smallest absolute Gasteiger partial charge is 0.335 e. The van der Waals surface area contributed by atoms with Crippen LogP contribution in [0.4, 0.5) is 5.69 Å². The fourth-order valence-electron chi connectivity index (χ4n) is 3.47. The van der Waals surface area contributed by atoms with Crippen LogP contribution in [0.5, 0.6) is 0 Å². The van der Waals surface area contributed by atoms with Crippen LogP contribution in [0.2, 0.25) is 0 Å². The van der Waals surface area contributed by atoms with Crippen LogP contribution in [0.3, 0.4) is 0 Å². The quantitative estimate of drug-likeness (QED) is 0.568. The molecule has 152 valence electrons. The number of nitrogens with one attached hydrogen (secondary N) is 1. The number of nitrogens with zero attached hydrogens (tertiary/aromatic N) is 1. The number of aryl methyl sites for hydroxylation is 1. The van der Waals surface area contributed by atoms with Crippen LogP contribution in [0.1, 0.15) is 50.8 Å². The van der Waals surface area contributed by atoms with Crippen LogP contribution in [-0.4, -0.2) is 35.1 Å². The van der Waals surface area contributed by atoms with Crippen molar-refractivity contribution in [1.82, 2.24) is 5.32 Å². The molecule has 2 aromatic carbocycles. The van der Waals surface area contributed by atoms with E-state index < -0.39 is 22.5 Å². The van der Waals surface area contributed by atoms with E-state index in [1.54, 1.807) is 0 Å². The molecule has 1 saturated heterocycles. The average molecular weight is 398 g/mol. The van der Waals surface area contributed by atoms with Crippen molar-refractivity contribution in [2.75, 3.05) is 13.2 Å². The van der Waals surface area contributed by atoms with Gasteiger partial charge >= 0.3 is 5.97 Å². The minimum Gasteiger partial charge on any atom is -0.478 e. The van der Waals surface area contributed by atoms with Gasteiger partial charge in [0.05, 0.1) is 16.6 Å². The molecule has 0 aromatic heterocycles. The maximum atomic E-state index is 12.6. The van der Waals surface area contributed by atoms with Crippen molar-refractivity contribution in [3.05, 3.63) is 74.8 Å². The summed E-state index contributed by atoms with van der Waals surface area (Å²) >= 11 is 0. The van der Waals surface area contributed by atoms with Gasteiger partial charge in [0.2, 0.25) is 0 Å². The molecule has 2 aromatic rings. The summed E-state index contributed by atoms with van der Waals surface area (Å²) in [4.78, 5) is 34.1. The molecule has 0 aliphatic carbocycles. The SMILES string of the molecule is Cc1ccc(C2OCCCC2CNC(=O)c2cc(C(=O)O)cc([N+](=O)[O-])c2)cc1. The first-order valence-electron chi connectivity index (χ1n) is 9.34. The van der Waals surface area contributed by atoms with E-state index in [9.17, 15) is 19.7 Å². The second kappa shape index (κ2) is 8.83. The topological polar surface area (TPSA) is 119 Å². The molecule has 3 rings (SSSR count). The Labute approximate surface area is 167 Å². The second-order valence-corrected chi connectivity index (χ2v) is 7.15. The highest BCUT2D eigenvalue weighted by atomic mass is 16.6. The molecule has 8 heteroatoms. The number of carbonyl (C=O) groups excluding carboxylic acids is 1. The minimum absolute atomic E-state index is 0.0491. The third-order valence-corrected chi connectivity index (χ3v) is 5.01. The maximum absolute atomic E-state index is 12.6. The van der Waals surface area contributed by atoms with Gasteiger partial charge in [0, 0.05) is 36.8 Å². The second-order valence-electron chi connectivity index (χ2n) is 7.15. The van der Waals surface area contributed by atoms with E-state index in [1.165, 1.54) is 0 Å². The fraction of sp³-hybridized carbons (Fsp3) is 0.333. The van der Waals surface area contributed by atoms with E-state index in [-0.39, 0.29) is 23.1 Å². The summed E-state index contributed by atoms with van der Waals surface area (Å²) in [7, 11) is 0. The van der Waals surface area contributed by atoms with Crippen LogP contribution in [-0.2, 0) is 4.74 Å². The number of carboxylic acid groups (broad SMARTS) is 1. The number of nitro benzene ring substituents is 1. The molecule has 1 fully saturated rings. The highest BCUT2D eigenvalue weighted by Gasteiger charge is 2.28. The molecule has 2 N–H and O–H groups in total. The van der Waals surface area contributed by atoms with Gasteiger partial charge in [-0.05, 0) is 31.4 Å². The summed E-state index contributed by atoms with van der Waals surface area (Å²) in [6.07, 6.45) is 1.60. The number of rotatable bonds is 6. The van der Waals surface area contributed by atoms with Gasteiger partial charge in [0.15, 0.2) is 0 Å². The predicted octanol–water partition coefficient (Wildman–Crippen LogP) is 3.50. The van der Waals surface area contributed by atoms with Crippen LogP contribution < -0.4 is 5.32 Å². The molecule has 0 bridgehead atoms. The number of carboxylic acids is 1. The molecular formula is C21H22N2O6. The van der Waals surface area contributed by atoms with Crippen LogP contribution in [0, 0.1) is 23.0 Å². The zero-order chi connectivity index (χ0) is 21.0. The van der Waals surface area contributed by atoms with Gasteiger partial charge < -0.3 is 15.2 Å². The van der Waals surface area contributed by atoms with Gasteiger partial charge in [-0.2, -0.15) is 0 Å². The lowest BCUT2D eigenvalue weighted by molar-refractivity contribution is -0.384. The molecule has 29 heavy (non-hydrogen) atoms. The van der Waals surface area contributed by atoms with Gasteiger partial charge in [-0.3, -0.25) is 14.9 Å². The minimum atomic E-state index is -1.33. The Morgan fingerprint density at radius 1 is 1.21 bits per heavy atom.